The molecule has 1 heterocycles. The number of hydrogen-bond donors (Lipinski definition) is 4. The minimum absolute atomic E-state index is 0.00721. The number of urea groups is 1. The van der Waals surface area contributed by atoms with Crippen LogP contribution in [0, 0.1) is 0 Å². The summed E-state index contributed by atoms with van der Waals surface area (Å²) < 4.78 is 28.3. The van der Waals surface area contributed by atoms with Gasteiger partial charge in [0.1, 0.15) is 0 Å². The van der Waals surface area contributed by atoms with Crippen molar-refractivity contribution in [1.29, 1.82) is 0 Å². The van der Waals surface area contributed by atoms with E-state index >= 15 is 0 Å². The molecule has 0 aromatic heterocycles. The van der Waals surface area contributed by atoms with Gasteiger partial charge in [-0.25, -0.2) is 13.2 Å². The first-order valence-corrected chi connectivity index (χ1v) is 13.9. The summed E-state index contributed by atoms with van der Waals surface area (Å²) in [6.45, 7) is 1.88. The molecule has 12 heteroatoms. The van der Waals surface area contributed by atoms with Gasteiger partial charge in [-0.3, -0.25) is 19.6 Å². The number of hydrogen-bond acceptors (Lipinski definition) is 5. The predicted molar refractivity (Wildman–Crippen MR) is 147 cm³/mol. The maximum Gasteiger partial charge on any atom is 0.323 e. The van der Waals surface area contributed by atoms with Crippen molar-refractivity contribution >= 4 is 68.1 Å². The molecule has 0 unspecified atom stereocenters. The average molecular weight is 575 g/mol. The van der Waals surface area contributed by atoms with Gasteiger partial charge in [-0.15, -0.1) is 0 Å². The molecule has 9 nitrogen and oxygen atoms in total. The molecule has 198 valence electrons. The summed E-state index contributed by atoms with van der Waals surface area (Å²) >= 11 is 11.8. The molecular formula is C26H24Cl2N4O5S. The lowest BCUT2D eigenvalue weighted by Crippen LogP contribution is -2.51. The number of sulfonamides is 1. The third-order valence-corrected chi connectivity index (χ3v) is 8.50. The average Bonchev–Trinajstić information content (AvgIpc) is 2.87. The Balaban J connectivity index is 1.41. The van der Waals surface area contributed by atoms with Crippen molar-refractivity contribution in [2.75, 3.05) is 15.4 Å². The number of benzene rings is 3. The van der Waals surface area contributed by atoms with E-state index in [0.29, 0.717) is 45.5 Å². The highest BCUT2D eigenvalue weighted by molar-refractivity contribution is 7.92. The molecule has 0 aliphatic carbocycles. The van der Waals surface area contributed by atoms with Crippen molar-refractivity contribution in [3.8, 4) is 0 Å². The Labute approximate surface area is 230 Å². The molecule has 0 bridgehead atoms. The summed E-state index contributed by atoms with van der Waals surface area (Å²) in [4.78, 5) is 36.4. The molecule has 3 aromatic carbocycles. The molecule has 1 aliphatic heterocycles. The fourth-order valence-corrected chi connectivity index (χ4v) is 5.58. The van der Waals surface area contributed by atoms with Gasteiger partial charge in [0.05, 0.1) is 20.4 Å². The summed E-state index contributed by atoms with van der Waals surface area (Å²) in [6.07, 6.45) is 1.14. The van der Waals surface area contributed by atoms with Crippen molar-refractivity contribution in [1.82, 2.24) is 5.32 Å². The second-order valence-electron chi connectivity index (χ2n) is 8.73. The smallest absolute Gasteiger partial charge is 0.308 e. The number of piperidine rings is 1. The van der Waals surface area contributed by atoms with Crippen LogP contribution in [-0.4, -0.2) is 26.3 Å². The van der Waals surface area contributed by atoms with Gasteiger partial charge in [0, 0.05) is 23.5 Å². The lowest BCUT2D eigenvalue weighted by molar-refractivity contribution is -0.138. The summed E-state index contributed by atoms with van der Waals surface area (Å²) in [5.74, 6) is -0.638. The summed E-state index contributed by atoms with van der Waals surface area (Å²) in [7, 11) is -3.92. The first-order valence-electron chi connectivity index (χ1n) is 11.6. The highest BCUT2D eigenvalue weighted by Gasteiger charge is 2.42. The monoisotopic (exact) mass is 574 g/mol. The maximum atomic E-state index is 12.9. The Kier molecular flexibility index (Phi) is 7.96. The molecule has 4 N–H and O–H groups in total. The van der Waals surface area contributed by atoms with Crippen LogP contribution in [0.2, 0.25) is 10.0 Å². The summed E-state index contributed by atoms with van der Waals surface area (Å²) in [5, 5.41) is 8.27. The highest BCUT2D eigenvalue weighted by Crippen LogP contribution is 2.36. The lowest BCUT2D eigenvalue weighted by Gasteiger charge is -2.35. The zero-order valence-electron chi connectivity index (χ0n) is 20.2. The Morgan fingerprint density at radius 1 is 0.895 bits per heavy atom. The molecule has 1 atom stereocenters. The number of carbonyl (C=O) groups excluding carboxylic acids is 3. The van der Waals surface area contributed by atoms with Gasteiger partial charge in [0.25, 0.3) is 10.0 Å². The SMILES string of the molecule is CC[C@]1(c2ccc(NS(=O)(=O)c3ccc(NC(=O)Nc4ccc(Cl)c(Cl)c4)cc3)cc2)CCC(=O)NC1=O. The Hall–Kier alpha value is -3.60. The molecule has 4 rings (SSSR count). The molecule has 38 heavy (non-hydrogen) atoms. The van der Waals surface area contributed by atoms with Crippen LogP contribution in [0.3, 0.4) is 0 Å². The number of halogens is 2. The van der Waals surface area contributed by atoms with E-state index in [2.05, 4.69) is 20.7 Å². The van der Waals surface area contributed by atoms with Crippen LogP contribution in [0.4, 0.5) is 21.9 Å². The van der Waals surface area contributed by atoms with Crippen molar-refractivity contribution in [3.05, 3.63) is 82.3 Å². The minimum atomic E-state index is -3.92. The molecular weight excluding hydrogens is 551 g/mol. The van der Waals surface area contributed by atoms with Gasteiger partial charge in [-0.1, -0.05) is 42.3 Å². The van der Waals surface area contributed by atoms with Gasteiger partial charge in [-0.2, -0.15) is 0 Å². The van der Waals surface area contributed by atoms with Crippen molar-refractivity contribution in [2.45, 2.75) is 36.5 Å². The predicted octanol–water partition coefficient (Wildman–Crippen LogP) is 5.52. The number of rotatable bonds is 7. The van der Waals surface area contributed by atoms with Crippen LogP contribution in [0.1, 0.15) is 31.7 Å². The zero-order valence-corrected chi connectivity index (χ0v) is 22.5. The third kappa shape index (κ3) is 5.93. The minimum Gasteiger partial charge on any atom is -0.308 e. The van der Waals surface area contributed by atoms with Crippen LogP contribution >= 0.6 is 23.2 Å². The fourth-order valence-electron chi connectivity index (χ4n) is 4.22. The van der Waals surface area contributed by atoms with Gasteiger partial charge >= 0.3 is 6.03 Å². The maximum absolute atomic E-state index is 12.9. The normalized spacial score (nSPS) is 17.4. The topological polar surface area (TPSA) is 133 Å². The third-order valence-electron chi connectivity index (χ3n) is 6.36. The standard InChI is InChI=1S/C26H24Cl2N4O5S/c1-2-26(14-13-23(33)31-24(26)34)16-3-5-18(6-4-16)32-38(36,37)20-10-7-17(8-11-20)29-25(35)30-19-9-12-21(27)22(28)15-19/h3-12,15,32H,2,13-14H2,1H3,(H2,29,30,35)(H,31,33,34)/t26-/m1/s1. The molecule has 0 saturated carbocycles. The van der Waals surface area contributed by atoms with Crippen LogP contribution in [-0.2, 0) is 25.0 Å². The molecule has 1 fully saturated rings. The lowest BCUT2D eigenvalue weighted by atomic mass is 9.72. The van der Waals surface area contributed by atoms with Gasteiger partial charge in [0.2, 0.25) is 11.8 Å². The van der Waals surface area contributed by atoms with E-state index in [4.69, 9.17) is 23.2 Å². The Morgan fingerprint density at radius 3 is 2.11 bits per heavy atom. The molecule has 3 aromatic rings. The van der Waals surface area contributed by atoms with E-state index in [0.717, 1.165) is 0 Å². The largest absolute Gasteiger partial charge is 0.323 e. The highest BCUT2D eigenvalue weighted by atomic mass is 35.5. The summed E-state index contributed by atoms with van der Waals surface area (Å²) in [5.41, 5.74) is 1.01. The van der Waals surface area contributed by atoms with Gasteiger partial charge in [0.15, 0.2) is 0 Å². The van der Waals surface area contributed by atoms with Crippen LogP contribution in [0.15, 0.2) is 71.6 Å². The zero-order chi connectivity index (χ0) is 27.5. The van der Waals surface area contributed by atoms with Crippen molar-refractivity contribution < 1.29 is 22.8 Å². The van der Waals surface area contributed by atoms with E-state index in [-0.39, 0.29) is 23.1 Å². The fraction of sp³-hybridized carbons (Fsp3) is 0.192. The van der Waals surface area contributed by atoms with E-state index in [1.165, 1.54) is 30.3 Å². The molecule has 4 amide bonds. The second kappa shape index (κ2) is 11.0. The molecule has 1 saturated heterocycles. The van der Waals surface area contributed by atoms with Crippen LogP contribution in [0.25, 0.3) is 0 Å². The molecule has 1 aliphatic rings. The van der Waals surface area contributed by atoms with E-state index < -0.39 is 21.5 Å². The number of carbonyl (C=O) groups is 3. The summed E-state index contributed by atoms with van der Waals surface area (Å²) in [6, 6.07) is 16.3. The first kappa shape index (κ1) is 27.4. The number of nitrogens with one attached hydrogen (secondary N) is 4. The molecule has 0 spiro atoms. The van der Waals surface area contributed by atoms with Crippen LogP contribution < -0.4 is 20.7 Å². The van der Waals surface area contributed by atoms with Crippen molar-refractivity contribution in [3.63, 3.8) is 0 Å². The Bertz CT molecular complexity index is 1500. The number of anilines is 3. The number of amides is 4. The van der Waals surface area contributed by atoms with Gasteiger partial charge < -0.3 is 10.6 Å². The van der Waals surface area contributed by atoms with E-state index in [9.17, 15) is 22.8 Å². The number of imide groups is 1. The Morgan fingerprint density at radius 2 is 1.50 bits per heavy atom. The first-order chi connectivity index (χ1) is 18.0. The molecule has 0 radical (unpaired) electrons. The quantitative estimate of drug-likeness (QED) is 0.275. The van der Waals surface area contributed by atoms with Crippen molar-refractivity contribution in [2.24, 2.45) is 0 Å². The second-order valence-corrected chi connectivity index (χ2v) is 11.2. The van der Waals surface area contributed by atoms with E-state index in [1.54, 1.807) is 36.4 Å². The van der Waals surface area contributed by atoms with E-state index in [1.807, 2.05) is 6.92 Å². The van der Waals surface area contributed by atoms with Gasteiger partial charge in [-0.05, 0) is 73.0 Å². The van der Waals surface area contributed by atoms with Crippen LogP contribution in [0.5, 0.6) is 0 Å².